The molecule has 21 heavy (non-hydrogen) atoms. The number of rotatable bonds is 2. The quantitative estimate of drug-likeness (QED) is 0.795. The van der Waals surface area contributed by atoms with Crippen LogP contribution < -0.4 is 4.74 Å². The van der Waals surface area contributed by atoms with E-state index in [2.05, 4.69) is 0 Å². The summed E-state index contributed by atoms with van der Waals surface area (Å²) in [4.78, 5) is 12.0. The standard InChI is InChI=1S/C16H20ClNO3/c1-10(2)20-15(19)18-9-8-11-12(18)6-7-13(14(11)17)21-16(3,4)5/h6-10H,1-5H3. The first-order valence-electron chi connectivity index (χ1n) is 6.88. The van der Waals surface area contributed by atoms with Crippen LogP contribution in [-0.4, -0.2) is 22.4 Å². The molecule has 0 atom stereocenters. The molecular formula is C16H20ClNO3. The van der Waals surface area contributed by atoms with Crippen LogP contribution in [0.3, 0.4) is 0 Å². The van der Waals surface area contributed by atoms with Gasteiger partial charge < -0.3 is 9.47 Å². The molecule has 2 rings (SSSR count). The van der Waals surface area contributed by atoms with Crippen LogP contribution in [0.15, 0.2) is 24.4 Å². The van der Waals surface area contributed by atoms with Crippen molar-refractivity contribution >= 4 is 28.6 Å². The molecule has 0 saturated carbocycles. The number of hydrogen-bond acceptors (Lipinski definition) is 3. The number of halogens is 1. The molecule has 0 aliphatic rings. The third-order valence-corrected chi connectivity index (χ3v) is 3.11. The van der Waals surface area contributed by atoms with E-state index in [1.807, 2.05) is 40.7 Å². The average Bonchev–Trinajstić information content (AvgIpc) is 2.75. The molecule has 5 heteroatoms. The van der Waals surface area contributed by atoms with E-state index in [4.69, 9.17) is 21.1 Å². The monoisotopic (exact) mass is 309 g/mol. The highest BCUT2D eigenvalue weighted by Crippen LogP contribution is 2.35. The van der Waals surface area contributed by atoms with Crippen LogP contribution in [-0.2, 0) is 4.74 Å². The summed E-state index contributed by atoms with van der Waals surface area (Å²) in [5.74, 6) is 0.603. The lowest BCUT2D eigenvalue weighted by molar-refractivity contribution is 0.118. The first-order valence-corrected chi connectivity index (χ1v) is 7.26. The summed E-state index contributed by atoms with van der Waals surface area (Å²) in [6.45, 7) is 9.49. The van der Waals surface area contributed by atoms with Crippen molar-refractivity contribution in [1.29, 1.82) is 0 Å². The topological polar surface area (TPSA) is 40.5 Å². The van der Waals surface area contributed by atoms with E-state index < -0.39 is 6.09 Å². The van der Waals surface area contributed by atoms with Gasteiger partial charge in [-0.15, -0.1) is 0 Å². The van der Waals surface area contributed by atoms with E-state index in [1.165, 1.54) is 4.57 Å². The molecule has 0 amide bonds. The Hall–Kier alpha value is -1.68. The molecule has 1 heterocycles. The van der Waals surface area contributed by atoms with Crippen LogP contribution in [0.2, 0.25) is 5.02 Å². The SMILES string of the molecule is CC(C)OC(=O)n1ccc2c(Cl)c(OC(C)(C)C)ccc21. The summed E-state index contributed by atoms with van der Waals surface area (Å²) in [5, 5.41) is 1.26. The van der Waals surface area contributed by atoms with Crippen LogP contribution >= 0.6 is 11.6 Å². The second kappa shape index (κ2) is 5.60. The summed E-state index contributed by atoms with van der Waals surface area (Å²) in [6, 6.07) is 5.37. The van der Waals surface area contributed by atoms with E-state index >= 15 is 0 Å². The fraction of sp³-hybridized carbons (Fsp3) is 0.438. The van der Waals surface area contributed by atoms with Gasteiger partial charge in [-0.2, -0.15) is 0 Å². The van der Waals surface area contributed by atoms with Crippen molar-refractivity contribution in [3.05, 3.63) is 29.4 Å². The van der Waals surface area contributed by atoms with E-state index in [0.29, 0.717) is 16.3 Å². The van der Waals surface area contributed by atoms with Crippen LogP contribution in [0.4, 0.5) is 4.79 Å². The van der Waals surface area contributed by atoms with Crippen LogP contribution in [0.5, 0.6) is 5.75 Å². The summed E-state index contributed by atoms with van der Waals surface area (Å²) < 4.78 is 12.5. The summed E-state index contributed by atoms with van der Waals surface area (Å²) >= 11 is 6.38. The Bertz CT molecular complexity index is 668. The molecule has 0 aliphatic carbocycles. The van der Waals surface area contributed by atoms with Gasteiger partial charge in [0, 0.05) is 11.6 Å². The molecule has 0 aliphatic heterocycles. The number of carbonyl (C=O) groups is 1. The Labute approximate surface area is 129 Å². The van der Waals surface area contributed by atoms with Gasteiger partial charge in [0.05, 0.1) is 16.6 Å². The molecule has 2 aromatic rings. The number of ether oxygens (including phenoxy) is 2. The first kappa shape index (κ1) is 15.7. The molecule has 0 radical (unpaired) electrons. The maximum atomic E-state index is 12.0. The molecule has 0 unspecified atom stereocenters. The number of hydrogen-bond donors (Lipinski definition) is 0. The third-order valence-electron chi connectivity index (χ3n) is 2.72. The van der Waals surface area contributed by atoms with Gasteiger partial charge in [-0.3, -0.25) is 4.57 Å². The van der Waals surface area contributed by atoms with Crippen LogP contribution in [0, 0.1) is 0 Å². The fourth-order valence-electron chi connectivity index (χ4n) is 1.99. The smallest absolute Gasteiger partial charge is 0.418 e. The molecule has 114 valence electrons. The first-order chi connectivity index (χ1) is 9.69. The zero-order valence-electron chi connectivity index (χ0n) is 12.9. The molecule has 0 fully saturated rings. The molecule has 0 bridgehead atoms. The summed E-state index contributed by atoms with van der Waals surface area (Å²) in [7, 11) is 0. The average molecular weight is 310 g/mol. The Balaban J connectivity index is 2.43. The Morgan fingerprint density at radius 2 is 1.90 bits per heavy atom. The van der Waals surface area contributed by atoms with Gasteiger partial charge in [0.25, 0.3) is 0 Å². The molecular weight excluding hydrogens is 290 g/mol. The summed E-state index contributed by atoms with van der Waals surface area (Å²) in [6.07, 6.45) is 1.07. The highest BCUT2D eigenvalue weighted by atomic mass is 35.5. The highest BCUT2D eigenvalue weighted by molar-refractivity contribution is 6.37. The van der Waals surface area contributed by atoms with E-state index in [1.54, 1.807) is 18.3 Å². The summed E-state index contributed by atoms with van der Waals surface area (Å²) in [5.41, 5.74) is 0.364. The number of benzene rings is 1. The van der Waals surface area contributed by atoms with Crippen molar-refractivity contribution in [1.82, 2.24) is 4.57 Å². The van der Waals surface area contributed by atoms with E-state index in [0.717, 1.165) is 5.39 Å². The molecule has 4 nitrogen and oxygen atoms in total. The van der Waals surface area contributed by atoms with Gasteiger partial charge in [-0.25, -0.2) is 4.79 Å². The lowest BCUT2D eigenvalue weighted by Crippen LogP contribution is -2.23. The van der Waals surface area contributed by atoms with Crippen molar-refractivity contribution in [3.8, 4) is 5.75 Å². The molecule has 0 N–H and O–H groups in total. The van der Waals surface area contributed by atoms with E-state index in [9.17, 15) is 4.79 Å². The van der Waals surface area contributed by atoms with Gasteiger partial charge in [0.2, 0.25) is 0 Å². The van der Waals surface area contributed by atoms with Gasteiger partial charge in [-0.1, -0.05) is 11.6 Å². The van der Waals surface area contributed by atoms with Crippen molar-refractivity contribution in [2.24, 2.45) is 0 Å². The van der Waals surface area contributed by atoms with Gasteiger partial charge in [0.1, 0.15) is 11.4 Å². The largest absolute Gasteiger partial charge is 0.487 e. The zero-order chi connectivity index (χ0) is 15.8. The molecule has 0 saturated heterocycles. The number of carbonyl (C=O) groups excluding carboxylic acids is 1. The van der Waals surface area contributed by atoms with Gasteiger partial charge in [-0.05, 0) is 52.8 Å². The Kier molecular flexibility index (Phi) is 4.19. The minimum absolute atomic E-state index is 0.172. The lowest BCUT2D eigenvalue weighted by atomic mass is 10.2. The highest BCUT2D eigenvalue weighted by Gasteiger charge is 2.18. The minimum atomic E-state index is -0.416. The number of aromatic nitrogens is 1. The third kappa shape index (κ3) is 3.50. The second-order valence-corrected chi connectivity index (χ2v) is 6.52. The Morgan fingerprint density at radius 3 is 2.48 bits per heavy atom. The van der Waals surface area contributed by atoms with Crippen molar-refractivity contribution < 1.29 is 14.3 Å². The Morgan fingerprint density at radius 1 is 1.24 bits per heavy atom. The molecule has 0 spiro atoms. The van der Waals surface area contributed by atoms with Crippen molar-refractivity contribution in [3.63, 3.8) is 0 Å². The maximum Gasteiger partial charge on any atom is 0.418 e. The van der Waals surface area contributed by atoms with Gasteiger partial charge >= 0.3 is 6.09 Å². The van der Waals surface area contributed by atoms with Crippen LogP contribution in [0.25, 0.3) is 10.9 Å². The predicted octanol–water partition coefficient (Wildman–Crippen LogP) is 4.87. The second-order valence-electron chi connectivity index (χ2n) is 6.14. The number of nitrogens with zero attached hydrogens (tertiary/aromatic N) is 1. The molecule has 1 aromatic heterocycles. The van der Waals surface area contributed by atoms with Crippen molar-refractivity contribution in [2.45, 2.75) is 46.3 Å². The number of fused-ring (bicyclic) bond motifs is 1. The maximum absolute atomic E-state index is 12.0. The van der Waals surface area contributed by atoms with Crippen LogP contribution in [0.1, 0.15) is 34.6 Å². The van der Waals surface area contributed by atoms with Crippen molar-refractivity contribution in [2.75, 3.05) is 0 Å². The predicted molar refractivity (Wildman–Crippen MR) is 84.3 cm³/mol. The van der Waals surface area contributed by atoms with E-state index in [-0.39, 0.29) is 11.7 Å². The van der Waals surface area contributed by atoms with Gasteiger partial charge in [0.15, 0.2) is 0 Å². The fourth-order valence-corrected chi connectivity index (χ4v) is 2.25. The normalized spacial score (nSPS) is 12.0. The lowest BCUT2D eigenvalue weighted by Gasteiger charge is -2.22. The zero-order valence-corrected chi connectivity index (χ0v) is 13.7. The molecule has 1 aromatic carbocycles. The minimum Gasteiger partial charge on any atom is -0.487 e.